The molecule has 1 aromatic carbocycles. The summed E-state index contributed by atoms with van der Waals surface area (Å²) in [5.41, 5.74) is 1.54. The van der Waals surface area contributed by atoms with E-state index < -0.39 is 0 Å². The number of hydrogen-bond donors (Lipinski definition) is 1. The summed E-state index contributed by atoms with van der Waals surface area (Å²) in [4.78, 5) is 2.48. The third-order valence-electron chi connectivity index (χ3n) is 4.02. The second-order valence-corrected chi connectivity index (χ2v) is 7.25. The Hall–Kier alpha value is -0.510. The molecule has 0 amide bonds. The van der Waals surface area contributed by atoms with Crippen molar-refractivity contribution in [2.24, 2.45) is 5.41 Å². The van der Waals surface area contributed by atoms with E-state index in [9.17, 15) is 0 Å². The van der Waals surface area contributed by atoms with Crippen LogP contribution in [0.25, 0.3) is 0 Å². The molecule has 0 heterocycles. The summed E-state index contributed by atoms with van der Waals surface area (Å²) >= 11 is 1.92. The number of rotatable bonds is 8. The van der Waals surface area contributed by atoms with Crippen molar-refractivity contribution in [2.45, 2.75) is 32.9 Å². The van der Waals surface area contributed by atoms with Gasteiger partial charge in [-0.25, -0.2) is 0 Å². The smallest absolute Gasteiger partial charge is 0.0381 e. The molecule has 2 nitrogen and oxygen atoms in total. The van der Waals surface area contributed by atoms with E-state index in [1.165, 1.54) is 11.3 Å². The fraction of sp³-hybridized carbons (Fsp3) is 0.647. The van der Waals surface area contributed by atoms with Gasteiger partial charge in [0, 0.05) is 24.4 Å². The second-order valence-electron chi connectivity index (χ2n) is 6.34. The Bertz CT molecular complexity index is 378. The Labute approximate surface area is 129 Å². The standard InChI is InChI=1S/C17H30N2S/c1-14(12-20-6)19(5)13-17(2,3)16(18-4)15-10-8-7-9-11-15/h7-11,14,16,18H,12-13H2,1-6H3. The molecule has 114 valence electrons. The number of nitrogens with zero attached hydrogens (tertiary/aromatic N) is 1. The Morgan fingerprint density at radius 3 is 2.35 bits per heavy atom. The van der Waals surface area contributed by atoms with E-state index in [0.717, 1.165) is 6.54 Å². The number of nitrogens with one attached hydrogen (secondary N) is 1. The van der Waals surface area contributed by atoms with E-state index in [2.05, 4.69) is 81.7 Å². The predicted molar refractivity (Wildman–Crippen MR) is 92.5 cm³/mol. The van der Waals surface area contributed by atoms with Crippen LogP contribution in [0.2, 0.25) is 0 Å². The van der Waals surface area contributed by atoms with Crippen LogP contribution < -0.4 is 5.32 Å². The number of thioether (sulfide) groups is 1. The zero-order valence-electron chi connectivity index (χ0n) is 13.8. The van der Waals surface area contributed by atoms with Gasteiger partial charge in [-0.1, -0.05) is 44.2 Å². The van der Waals surface area contributed by atoms with E-state index in [1.54, 1.807) is 0 Å². The predicted octanol–water partition coefficient (Wildman–Crippen LogP) is 3.66. The second kappa shape index (κ2) is 8.06. The molecule has 0 radical (unpaired) electrons. The van der Waals surface area contributed by atoms with Crippen molar-refractivity contribution in [3.05, 3.63) is 35.9 Å². The summed E-state index contributed by atoms with van der Waals surface area (Å²) in [5, 5.41) is 3.50. The van der Waals surface area contributed by atoms with E-state index in [1.807, 2.05) is 11.8 Å². The van der Waals surface area contributed by atoms with Crippen LogP contribution in [0.3, 0.4) is 0 Å². The maximum Gasteiger partial charge on any atom is 0.0381 e. The third-order valence-corrected chi connectivity index (χ3v) is 4.84. The largest absolute Gasteiger partial charge is 0.313 e. The van der Waals surface area contributed by atoms with Gasteiger partial charge in [-0.05, 0) is 38.3 Å². The van der Waals surface area contributed by atoms with Crippen LogP contribution in [0.4, 0.5) is 0 Å². The third kappa shape index (κ3) is 4.80. The molecule has 0 aliphatic carbocycles. The highest BCUT2D eigenvalue weighted by Gasteiger charge is 2.31. The lowest BCUT2D eigenvalue weighted by Crippen LogP contribution is -2.44. The van der Waals surface area contributed by atoms with Crippen molar-refractivity contribution in [1.82, 2.24) is 10.2 Å². The lowest BCUT2D eigenvalue weighted by atomic mass is 9.80. The minimum Gasteiger partial charge on any atom is -0.313 e. The summed E-state index contributed by atoms with van der Waals surface area (Å²) in [6.07, 6.45) is 2.18. The maximum atomic E-state index is 3.50. The summed E-state index contributed by atoms with van der Waals surface area (Å²) < 4.78 is 0. The quantitative estimate of drug-likeness (QED) is 0.788. The van der Waals surface area contributed by atoms with E-state index in [-0.39, 0.29) is 5.41 Å². The molecule has 0 bridgehead atoms. The molecule has 0 aliphatic rings. The van der Waals surface area contributed by atoms with Gasteiger partial charge in [0.05, 0.1) is 0 Å². The zero-order chi connectivity index (χ0) is 15.2. The average molecular weight is 295 g/mol. The SMILES string of the molecule is CNC(c1ccccc1)C(C)(C)CN(C)C(C)CSC. The molecule has 0 fully saturated rings. The molecule has 1 aromatic rings. The lowest BCUT2D eigenvalue weighted by Gasteiger charge is -2.39. The van der Waals surface area contributed by atoms with Crippen molar-refractivity contribution in [3.8, 4) is 0 Å². The minimum atomic E-state index is 0.178. The first-order valence-electron chi connectivity index (χ1n) is 7.33. The van der Waals surface area contributed by atoms with Crippen LogP contribution >= 0.6 is 11.8 Å². The van der Waals surface area contributed by atoms with Crippen molar-refractivity contribution in [2.75, 3.05) is 32.6 Å². The summed E-state index contributed by atoms with van der Waals surface area (Å²) in [6, 6.07) is 11.7. The van der Waals surface area contributed by atoms with Crippen LogP contribution in [0.1, 0.15) is 32.4 Å². The monoisotopic (exact) mass is 294 g/mol. The molecule has 0 spiro atoms. The van der Waals surface area contributed by atoms with Gasteiger partial charge in [0.2, 0.25) is 0 Å². The van der Waals surface area contributed by atoms with Gasteiger partial charge >= 0.3 is 0 Å². The lowest BCUT2D eigenvalue weighted by molar-refractivity contribution is 0.140. The minimum absolute atomic E-state index is 0.178. The molecule has 2 unspecified atom stereocenters. The van der Waals surface area contributed by atoms with Crippen molar-refractivity contribution >= 4 is 11.8 Å². The Morgan fingerprint density at radius 1 is 1.25 bits per heavy atom. The highest BCUT2D eigenvalue weighted by molar-refractivity contribution is 7.98. The molecule has 20 heavy (non-hydrogen) atoms. The first kappa shape index (κ1) is 17.5. The van der Waals surface area contributed by atoms with Crippen molar-refractivity contribution in [3.63, 3.8) is 0 Å². The highest BCUT2D eigenvalue weighted by Crippen LogP contribution is 2.34. The van der Waals surface area contributed by atoms with Crippen LogP contribution in [0, 0.1) is 5.41 Å². The summed E-state index contributed by atoms with van der Waals surface area (Å²) in [5.74, 6) is 1.18. The normalized spacial score (nSPS) is 15.3. The van der Waals surface area contributed by atoms with E-state index in [4.69, 9.17) is 0 Å². The van der Waals surface area contributed by atoms with Crippen LogP contribution in [0.15, 0.2) is 30.3 Å². The first-order valence-corrected chi connectivity index (χ1v) is 8.73. The molecule has 3 heteroatoms. The van der Waals surface area contributed by atoms with Gasteiger partial charge in [-0.15, -0.1) is 0 Å². The van der Waals surface area contributed by atoms with Gasteiger partial charge in [0.15, 0.2) is 0 Å². The summed E-state index contributed by atoms with van der Waals surface area (Å²) in [6.45, 7) is 8.09. The molecule has 2 atom stereocenters. The van der Waals surface area contributed by atoms with Crippen LogP contribution in [-0.4, -0.2) is 43.6 Å². The van der Waals surface area contributed by atoms with E-state index in [0.29, 0.717) is 12.1 Å². The topological polar surface area (TPSA) is 15.3 Å². The summed E-state index contributed by atoms with van der Waals surface area (Å²) in [7, 11) is 4.30. The Kier molecular flexibility index (Phi) is 7.07. The van der Waals surface area contributed by atoms with Crippen LogP contribution in [-0.2, 0) is 0 Å². The fourth-order valence-corrected chi connectivity index (χ4v) is 3.65. The molecule has 0 saturated carbocycles. The number of benzene rings is 1. The van der Waals surface area contributed by atoms with Crippen LogP contribution in [0.5, 0.6) is 0 Å². The van der Waals surface area contributed by atoms with Gasteiger partial charge < -0.3 is 10.2 Å². The van der Waals surface area contributed by atoms with Gasteiger partial charge in [0.1, 0.15) is 0 Å². The van der Waals surface area contributed by atoms with E-state index >= 15 is 0 Å². The first-order chi connectivity index (χ1) is 9.42. The highest BCUT2D eigenvalue weighted by atomic mass is 32.2. The fourth-order valence-electron chi connectivity index (χ4n) is 2.91. The average Bonchev–Trinajstić information content (AvgIpc) is 2.40. The zero-order valence-corrected chi connectivity index (χ0v) is 14.6. The molecule has 0 aliphatic heterocycles. The molecule has 1 rings (SSSR count). The maximum absolute atomic E-state index is 3.50. The molecular weight excluding hydrogens is 264 g/mol. The van der Waals surface area contributed by atoms with Gasteiger partial charge in [-0.3, -0.25) is 0 Å². The van der Waals surface area contributed by atoms with Gasteiger partial charge in [-0.2, -0.15) is 11.8 Å². The molecule has 1 N–H and O–H groups in total. The van der Waals surface area contributed by atoms with Gasteiger partial charge in [0.25, 0.3) is 0 Å². The molecule has 0 aromatic heterocycles. The Morgan fingerprint density at radius 2 is 1.85 bits per heavy atom. The molecule has 0 saturated heterocycles. The molecular formula is C17H30N2S. The number of hydrogen-bond acceptors (Lipinski definition) is 3. The van der Waals surface area contributed by atoms with Crippen molar-refractivity contribution in [1.29, 1.82) is 0 Å². The Balaban J connectivity index is 2.79. The van der Waals surface area contributed by atoms with Crippen molar-refractivity contribution < 1.29 is 0 Å².